The van der Waals surface area contributed by atoms with Gasteiger partial charge < -0.3 is 15.0 Å². The number of benzene rings is 1. The van der Waals surface area contributed by atoms with E-state index >= 15 is 0 Å². The number of aryl methyl sites for hydroxylation is 1. The molecule has 4 heteroatoms. The lowest BCUT2D eigenvalue weighted by Gasteiger charge is -2.26. The van der Waals surface area contributed by atoms with Gasteiger partial charge in [-0.25, -0.2) is 4.79 Å². The van der Waals surface area contributed by atoms with Crippen LogP contribution in [0.4, 0.5) is 4.79 Å². The molecule has 0 aromatic heterocycles. The number of ether oxygens (including phenoxy) is 1. The quantitative estimate of drug-likeness (QED) is 0.933. The third-order valence-corrected chi connectivity index (χ3v) is 4.51. The van der Waals surface area contributed by atoms with Crippen molar-refractivity contribution < 1.29 is 9.53 Å². The van der Waals surface area contributed by atoms with Crippen LogP contribution in [0, 0.1) is 18.8 Å². The number of nitrogens with zero attached hydrogens (tertiary/aromatic N) is 1. The van der Waals surface area contributed by atoms with Gasteiger partial charge in [0.1, 0.15) is 5.60 Å². The van der Waals surface area contributed by atoms with E-state index in [-0.39, 0.29) is 6.09 Å². The third kappa shape index (κ3) is 3.43. The molecule has 2 atom stereocenters. The van der Waals surface area contributed by atoms with Gasteiger partial charge in [-0.15, -0.1) is 0 Å². The van der Waals surface area contributed by atoms with Crippen molar-refractivity contribution in [2.75, 3.05) is 13.1 Å². The molecule has 0 bridgehead atoms. The van der Waals surface area contributed by atoms with Crippen LogP contribution >= 0.6 is 0 Å². The van der Waals surface area contributed by atoms with Crippen molar-refractivity contribution in [1.29, 1.82) is 0 Å². The van der Waals surface area contributed by atoms with E-state index in [2.05, 4.69) is 36.5 Å². The molecule has 1 saturated carbocycles. The zero-order chi connectivity index (χ0) is 15.9. The van der Waals surface area contributed by atoms with E-state index in [0.29, 0.717) is 17.9 Å². The van der Waals surface area contributed by atoms with E-state index in [9.17, 15) is 4.79 Å². The average molecular weight is 302 g/mol. The summed E-state index contributed by atoms with van der Waals surface area (Å²) in [7, 11) is 0. The molecular weight excluding hydrogens is 276 g/mol. The van der Waals surface area contributed by atoms with Gasteiger partial charge in [0.2, 0.25) is 0 Å². The van der Waals surface area contributed by atoms with Crippen LogP contribution in [-0.2, 0) is 11.3 Å². The summed E-state index contributed by atoms with van der Waals surface area (Å²) >= 11 is 0. The molecule has 1 aromatic carbocycles. The highest BCUT2D eigenvalue weighted by Crippen LogP contribution is 2.45. The number of hydrogen-bond acceptors (Lipinski definition) is 3. The first kappa shape index (κ1) is 15.3. The number of carbonyl (C=O) groups is 1. The SMILES string of the molecule is Cc1ccc(CNC2C3CN(C(=O)OC(C)(C)C)CC32)cc1. The van der Waals surface area contributed by atoms with Crippen LogP contribution in [0.1, 0.15) is 31.9 Å². The van der Waals surface area contributed by atoms with Gasteiger partial charge in [0, 0.05) is 25.7 Å². The van der Waals surface area contributed by atoms with Gasteiger partial charge in [0.25, 0.3) is 0 Å². The lowest BCUT2D eigenvalue weighted by molar-refractivity contribution is 0.0269. The first-order chi connectivity index (χ1) is 10.3. The highest BCUT2D eigenvalue weighted by molar-refractivity contribution is 5.69. The van der Waals surface area contributed by atoms with Crippen LogP contribution in [0.2, 0.25) is 0 Å². The molecule has 2 aliphatic rings. The molecule has 1 aliphatic carbocycles. The van der Waals surface area contributed by atoms with Gasteiger partial charge in [0.05, 0.1) is 0 Å². The Morgan fingerprint density at radius 1 is 1.23 bits per heavy atom. The zero-order valence-corrected chi connectivity index (χ0v) is 13.9. The maximum atomic E-state index is 12.0. The number of carbonyl (C=O) groups excluding carboxylic acids is 1. The lowest BCUT2D eigenvalue weighted by atomic mass is 10.1. The van der Waals surface area contributed by atoms with E-state index in [1.807, 2.05) is 25.7 Å². The van der Waals surface area contributed by atoms with Crippen molar-refractivity contribution >= 4 is 6.09 Å². The van der Waals surface area contributed by atoms with Crippen LogP contribution < -0.4 is 5.32 Å². The minimum Gasteiger partial charge on any atom is -0.444 e. The smallest absolute Gasteiger partial charge is 0.410 e. The molecule has 0 spiro atoms. The number of amides is 1. The molecule has 1 amide bonds. The van der Waals surface area contributed by atoms with Crippen molar-refractivity contribution in [2.24, 2.45) is 11.8 Å². The van der Waals surface area contributed by atoms with Gasteiger partial charge in [-0.2, -0.15) is 0 Å². The molecular formula is C18H26N2O2. The van der Waals surface area contributed by atoms with Crippen LogP contribution in [0.15, 0.2) is 24.3 Å². The Labute approximate surface area is 132 Å². The molecule has 120 valence electrons. The third-order valence-electron chi connectivity index (χ3n) is 4.51. The highest BCUT2D eigenvalue weighted by Gasteiger charge is 2.56. The fourth-order valence-corrected chi connectivity index (χ4v) is 3.25. The fourth-order valence-electron chi connectivity index (χ4n) is 3.25. The predicted octanol–water partition coefficient (Wildman–Crippen LogP) is 2.95. The average Bonchev–Trinajstić information content (AvgIpc) is 2.88. The molecule has 0 radical (unpaired) electrons. The van der Waals surface area contributed by atoms with Gasteiger partial charge in [-0.05, 0) is 45.1 Å². The fraction of sp³-hybridized carbons (Fsp3) is 0.611. The zero-order valence-electron chi connectivity index (χ0n) is 13.9. The Bertz CT molecular complexity index is 535. The normalized spacial score (nSPS) is 26.7. The van der Waals surface area contributed by atoms with Crippen molar-refractivity contribution in [3.63, 3.8) is 0 Å². The van der Waals surface area contributed by atoms with E-state index in [1.54, 1.807) is 0 Å². The first-order valence-electron chi connectivity index (χ1n) is 8.10. The molecule has 4 nitrogen and oxygen atoms in total. The summed E-state index contributed by atoms with van der Waals surface area (Å²) in [6.07, 6.45) is -0.169. The van der Waals surface area contributed by atoms with E-state index in [0.717, 1.165) is 19.6 Å². The number of fused-ring (bicyclic) bond motifs is 1. The monoisotopic (exact) mass is 302 g/mol. The Morgan fingerprint density at radius 2 is 1.82 bits per heavy atom. The molecule has 22 heavy (non-hydrogen) atoms. The predicted molar refractivity (Wildman–Crippen MR) is 86.6 cm³/mol. The molecule has 1 aliphatic heterocycles. The largest absolute Gasteiger partial charge is 0.444 e. The second kappa shape index (κ2) is 5.58. The number of nitrogens with one attached hydrogen (secondary N) is 1. The lowest BCUT2D eigenvalue weighted by Crippen LogP contribution is -2.39. The van der Waals surface area contributed by atoms with Crippen LogP contribution in [0.3, 0.4) is 0 Å². The molecule has 1 heterocycles. The topological polar surface area (TPSA) is 41.6 Å². The van der Waals surface area contributed by atoms with Crippen molar-refractivity contribution in [2.45, 2.75) is 45.9 Å². The minimum atomic E-state index is -0.410. The van der Waals surface area contributed by atoms with E-state index in [1.165, 1.54) is 11.1 Å². The molecule has 3 rings (SSSR count). The van der Waals surface area contributed by atoms with Gasteiger partial charge in [0.15, 0.2) is 0 Å². The highest BCUT2D eigenvalue weighted by atomic mass is 16.6. The first-order valence-corrected chi connectivity index (χ1v) is 8.10. The number of rotatable bonds is 3. The maximum absolute atomic E-state index is 12.0. The molecule has 1 N–H and O–H groups in total. The number of hydrogen-bond donors (Lipinski definition) is 1. The van der Waals surface area contributed by atoms with E-state index < -0.39 is 5.60 Å². The van der Waals surface area contributed by atoms with Crippen LogP contribution in [0.25, 0.3) is 0 Å². The van der Waals surface area contributed by atoms with Crippen molar-refractivity contribution in [3.05, 3.63) is 35.4 Å². The maximum Gasteiger partial charge on any atom is 0.410 e. The Morgan fingerprint density at radius 3 is 2.36 bits per heavy atom. The van der Waals surface area contributed by atoms with Crippen molar-refractivity contribution in [3.8, 4) is 0 Å². The molecule has 1 aromatic rings. The molecule has 2 unspecified atom stereocenters. The summed E-state index contributed by atoms with van der Waals surface area (Å²) in [4.78, 5) is 13.9. The van der Waals surface area contributed by atoms with Gasteiger partial charge >= 0.3 is 6.09 Å². The van der Waals surface area contributed by atoms with Gasteiger partial charge in [-0.1, -0.05) is 29.8 Å². The van der Waals surface area contributed by atoms with E-state index in [4.69, 9.17) is 4.74 Å². The van der Waals surface area contributed by atoms with Crippen LogP contribution in [0.5, 0.6) is 0 Å². The second-order valence-corrected chi connectivity index (χ2v) is 7.61. The summed E-state index contributed by atoms with van der Waals surface area (Å²) in [5, 5.41) is 3.62. The Balaban J connectivity index is 1.43. The molecule has 1 saturated heterocycles. The number of piperidine rings is 1. The van der Waals surface area contributed by atoms with Gasteiger partial charge in [-0.3, -0.25) is 0 Å². The minimum absolute atomic E-state index is 0.169. The molecule has 2 fully saturated rings. The van der Waals surface area contributed by atoms with Crippen LogP contribution in [-0.4, -0.2) is 35.7 Å². The Kier molecular flexibility index (Phi) is 3.89. The van der Waals surface area contributed by atoms with Crippen molar-refractivity contribution in [1.82, 2.24) is 10.2 Å². The number of likely N-dealkylation sites (tertiary alicyclic amines) is 1. The second-order valence-electron chi connectivity index (χ2n) is 7.61. The Hall–Kier alpha value is -1.55. The standard InChI is InChI=1S/C18H26N2O2/c1-12-5-7-13(8-6-12)9-19-16-14-10-20(11-15(14)16)17(21)22-18(2,3)4/h5-8,14-16,19H,9-11H2,1-4H3. The summed E-state index contributed by atoms with van der Waals surface area (Å²) in [5.41, 5.74) is 2.20. The summed E-state index contributed by atoms with van der Waals surface area (Å²) < 4.78 is 5.43. The summed E-state index contributed by atoms with van der Waals surface area (Å²) in [6.45, 7) is 10.4. The summed E-state index contributed by atoms with van der Waals surface area (Å²) in [6, 6.07) is 9.20. The summed E-state index contributed by atoms with van der Waals surface area (Å²) in [5.74, 6) is 1.19.